The first-order chi connectivity index (χ1) is 9.76. The van der Waals surface area contributed by atoms with Crippen molar-refractivity contribution in [2.24, 2.45) is 0 Å². The Morgan fingerprint density at radius 1 is 1.20 bits per heavy atom. The van der Waals surface area contributed by atoms with E-state index < -0.39 is 0 Å². The maximum Gasteiger partial charge on any atom is 0.129 e. The van der Waals surface area contributed by atoms with Gasteiger partial charge in [-0.15, -0.1) is 0 Å². The van der Waals surface area contributed by atoms with Crippen LogP contribution in [0.2, 0.25) is 0 Å². The second-order valence-corrected chi connectivity index (χ2v) is 5.17. The summed E-state index contributed by atoms with van der Waals surface area (Å²) in [5.41, 5.74) is 3.85. The molecular formula is C17H20N2O. The van der Waals surface area contributed by atoms with E-state index in [4.69, 9.17) is 4.74 Å². The van der Waals surface area contributed by atoms with Crippen molar-refractivity contribution in [2.45, 2.75) is 26.8 Å². The summed E-state index contributed by atoms with van der Waals surface area (Å²) >= 11 is 0. The predicted molar refractivity (Wildman–Crippen MR) is 81.3 cm³/mol. The lowest BCUT2D eigenvalue weighted by atomic mass is 9.99. The minimum atomic E-state index is 0.710. The Morgan fingerprint density at radius 2 is 2.10 bits per heavy atom. The molecule has 1 aliphatic heterocycles. The van der Waals surface area contributed by atoms with E-state index in [9.17, 15) is 0 Å². The Hall–Kier alpha value is -2.03. The number of rotatable bonds is 3. The molecule has 0 saturated carbocycles. The first-order valence-corrected chi connectivity index (χ1v) is 7.19. The van der Waals surface area contributed by atoms with Crippen LogP contribution in [0.5, 0.6) is 5.75 Å². The average molecular weight is 268 g/mol. The minimum Gasteiger partial charge on any atom is -0.494 e. The lowest BCUT2D eigenvalue weighted by Gasteiger charge is -2.30. The van der Waals surface area contributed by atoms with E-state index in [0.717, 1.165) is 36.8 Å². The molecule has 2 aromatic rings. The van der Waals surface area contributed by atoms with Crippen LogP contribution in [0.25, 0.3) is 0 Å². The van der Waals surface area contributed by atoms with E-state index in [1.165, 1.54) is 11.1 Å². The van der Waals surface area contributed by atoms with Crippen molar-refractivity contribution < 1.29 is 4.74 Å². The van der Waals surface area contributed by atoms with Gasteiger partial charge in [0.15, 0.2) is 0 Å². The van der Waals surface area contributed by atoms with Crippen LogP contribution in [0.4, 0.5) is 5.82 Å². The molecule has 1 aliphatic rings. The largest absolute Gasteiger partial charge is 0.494 e. The quantitative estimate of drug-likeness (QED) is 0.853. The number of aryl methyl sites for hydroxylation is 1. The Labute approximate surface area is 120 Å². The van der Waals surface area contributed by atoms with Crippen molar-refractivity contribution in [1.29, 1.82) is 0 Å². The summed E-state index contributed by atoms with van der Waals surface area (Å²) in [6, 6.07) is 12.6. The second kappa shape index (κ2) is 5.53. The molecule has 0 fully saturated rings. The normalized spacial score (nSPS) is 14.0. The molecule has 0 amide bonds. The smallest absolute Gasteiger partial charge is 0.129 e. The van der Waals surface area contributed by atoms with Crippen LogP contribution in [0.3, 0.4) is 0 Å². The van der Waals surface area contributed by atoms with E-state index in [0.29, 0.717) is 6.61 Å². The van der Waals surface area contributed by atoms with E-state index in [1.807, 2.05) is 19.9 Å². The number of aromatic nitrogens is 1. The summed E-state index contributed by atoms with van der Waals surface area (Å²) in [4.78, 5) is 6.96. The summed E-state index contributed by atoms with van der Waals surface area (Å²) in [5.74, 6) is 2.03. The summed E-state index contributed by atoms with van der Waals surface area (Å²) in [6.45, 7) is 6.70. The van der Waals surface area contributed by atoms with E-state index in [2.05, 4.69) is 40.2 Å². The molecule has 0 spiro atoms. The van der Waals surface area contributed by atoms with Crippen molar-refractivity contribution in [2.75, 3.05) is 18.1 Å². The number of fused-ring (bicyclic) bond motifs is 1. The molecule has 3 rings (SSSR count). The molecule has 20 heavy (non-hydrogen) atoms. The van der Waals surface area contributed by atoms with Crippen LogP contribution in [-0.2, 0) is 13.0 Å². The zero-order valence-corrected chi connectivity index (χ0v) is 12.1. The molecule has 2 heterocycles. The molecule has 0 bridgehead atoms. The predicted octanol–water partition coefficient (Wildman–Crippen LogP) is 3.35. The zero-order chi connectivity index (χ0) is 13.9. The van der Waals surface area contributed by atoms with Crippen LogP contribution >= 0.6 is 0 Å². The van der Waals surface area contributed by atoms with Crippen molar-refractivity contribution >= 4 is 5.82 Å². The van der Waals surface area contributed by atoms with Crippen LogP contribution in [0.15, 0.2) is 36.4 Å². The zero-order valence-electron chi connectivity index (χ0n) is 12.1. The van der Waals surface area contributed by atoms with Gasteiger partial charge >= 0.3 is 0 Å². The van der Waals surface area contributed by atoms with Gasteiger partial charge in [-0.2, -0.15) is 0 Å². The lowest BCUT2D eigenvalue weighted by Crippen LogP contribution is -2.31. The molecule has 0 saturated heterocycles. The van der Waals surface area contributed by atoms with Crippen LogP contribution in [0, 0.1) is 6.92 Å². The van der Waals surface area contributed by atoms with Crippen LogP contribution in [-0.4, -0.2) is 18.1 Å². The fourth-order valence-electron chi connectivity index (χ4n) is 2.69. The molecule has 104 valence electrons. The highest BCUT2D eigenvalue weighted by molar-refractivity contribution is 5.46. The van der Waals surface area contributed by atoms with Gasteiger partial charge in [0.1, 0.15) is 11.6 Å². The minimum absolute atomic E-state index is 0.710. The summed E-state index contributed by atoms with van der Waals surface area (Å²) < 4.78 is 5.60. The Balaban J connectivity index is 1.85. The van der Waals surface area contributed by atoms with E-state index in [1.54, 1.807) is 0 Å². The number of ether oxygens (including phenoxy) is 1. The average Bonchev–Trinajstić information content (AvgIpc) is 2.47. The van der Waals surface area contributed by atoms with Crippen molar-refractivity contribution in [3.63, 3.8) is 0 Å². The van der Waals surface area contributed by atoms with Gasteiger partial charge in [-0.3, -0.25) is 0 Å². The molecule has 3 heteroatoms. The van der Waals surface area contributed by atoms with Crippen LogP contribution in [0.1, 0.15) is 23.7 Å². The number of hydrogen-bond acceptors (Lipinski definition) is 3. The first-order valence-electron chi connectivity index (χ1n) is 7.19. The Bertz CT molecular complexity index is 610. The topological polar surface area (TPSA) is 25.4 Å². The van der Waals surface area contributed by atoms with Crippen LogP contribution < -0.4 is 9.64 Å². The van der Waals surface area contributed by atoms with Gasteiger partial charge in [-0.25, -0.2) is 4.98 Å². The lowest BCUT2D eigenvalue weighted by molar-refractivity contribution is 0.339. The molecule has 1 aromatic carbocycles. The highest BCUT2D eigenvalue weighted by Gasteiger charge is 2.18. The number of pyridine rings is 1. The molecule has 0 radical (unpaired) electrons. The SMILES string of the molecule is CCOc1ccc2c(c1)CN(c1cccc(C)n1)CC2. The van der Waals surface area contributed by atoms with Gasteiger partial charge in [-0.05, 0) is 55.7 Å². The van der Waals surface area contributed by atoms with Gasteiger partial charge in [0, 0.05) is 18.8 Å². The number of hydrogen-bond donors (Lipinski definition) is 0. The fourth-order valence-corrected chi connectivity index (χ4v) is 2.69. The molecule has 0 N–H and O–H groups in total. The van der Waals surface area contributed by atoms with E-state index in [-0.39, 0.29) is 0 Å². The maximum absolute atomic E-state index is 5.60. The van der Waals surface area contributed by atoms with Gasteiger partial charge in [0.25, 0.3) is 0 Å². The monoisotopic (exact) mass is 268 g/mol. The molecule has 3 nitrogen and oxygen atoms in total. The Kier molecular flexibility index (Phi) is 3.59. The van der Waals surface area contributed by atoms with Crippen molar-refractivity contribution in [1.82, 2.24) is 4.98 Å². The van der Waals surface area contributed by atoms with E-state index >= 15 is 0 Å². The number of anilines is 1. The number of nitrogens with zero attached hydrogens (tertiary/aromatic N) is 2. The van der Waals surface area contributed by atoms with Gasteiger partial charge in [0.05, 0.1) is 6.61 Å². The van der Waals surface area contributed by atoms with Gasteiger partial charge < -0.3 is 9.64 Å². The van der Waals surface area contributed by atoms with Crippen molar-refractivity contribution in [3.05, 3.63) is 53.2 Å². The number of benzene rings is 1. The highest BCUT2D eigenvalue weighted by Crippen LogP contribution is 2.26. The molecule has 0 atom stereocenters. The fraction of sp³-hybridized carbons (Fsp3) is 0.353. The first kappa shape index (κ1) is 13.0. The summed E-state index contributed by atoms with van der Waals surface area (Å²) in [7, 11) is 0. The standard InChI is InChI=1S/C17H20N2O/c1-3-20-16-8-7-14-9-10-19(12-15(14)11-16)17-6-4-5-13(2)18-17/h4-8,11H,3,9-10,12H2,1-2H3. The second-order valence-electron chi connectivity index (χ2n) is 5.17. The molecule has 1 aromatic heterocycles. The third kappa shape index (κ3) is 2.62. The third-order valence-corrected chi connectivity index (χ3v) is 3.70. The molecular weight excluding hydrogens is 248 g/mol. The van der Waals surface area contributed by atoms with Gasteiger partial charge in [0.2, 0.25) is 0 Å². The maximum atomic E-state index is 5.60. The summed E-state index contributed by atoms with van der Waals surface area (Å²) in [5, 5.41) is 0. The van der Waals surface area contributed by atoms with Gasteiger partial charge in [-0.1, -0.05) is 12.1 Å². The summed E-state index contributed by atoms with van der Waals surface area (Å²) in [6.07, 6.45) is 1.07. The molecule has 0 aliphatic carbocycles. The highest BCUT2D eigenvalue weighted by atomic mass is 16.5. The Morgan fingerprint density at radius 3 is 2.90 bits per heavy atom. The van der Waals surface area contributed by atoms with Crippen molar-refractivity contribution in [3.8, 4) is 5.75 Å². The third-order valence-electron chi connectivity index (χ3n) is 3.70. The molecule has 0 unspecified atom stereocenters.